The van der Waals surface area contributed by atoms with Crippen LogP contribution in [0.25, 0.3) is 0 Å². The highest BCUT2D eigenvalue weighted by Crippen LogP contribution is 2.39. The summed E-state index contributed by atoms with van der Waals surface area (Å²) in [5, 5.41) is 5.44. The number of aromatic nitrogens is 2. The van der Waals surface area contributed by atoms with Gasteiger partial charge in [0, 0.05) is 8.95 Å². The van der Waals surface area contributed by atoms with Crippen molar-refractivity contribution in [2.45, 2.75) is 38.0 Å². The summed E-state index contributed by atoms with van der Waals surface area (Å²) in [7, 11) is 0. The number of anilines is 4. The molecule has 0 spiro atoms. The van der Waals surface area contributed by atoms with E-state index < -0.39 is 35.3 Å². The Balaban J connectivity index is 1.44. The predicted molar refractivity (Wildman–Crippen MR) is 155 cm³/mol. The van der Waals surface area contributed by atoms with Crippen LogP contribution in [0.2, 0.25) is 0 Å². The van der Waals surface area contributed by atoms with Crippen LogP contribution in [0, 0.1) is 0 Å². The van der Waals surface area contributed by atoms with E-state index in [9.17, 15) is 31.1 Å². The largest absolute Gasteiger partial charge is 0.418 e. The molecule has 4 rings (SSSR count). The minimum absolute atomic E-state index is 0.142. The van der Waals surface area contributed by atoms with Crippen LogP contribution in [0.5, 0.6) is 0 Å². The second-order valence-corrected chi connectivity index (χ2v) is 11.2. The number of carbonyl (C=O) groups excluding carboxylic acids is 1. The van der Waals surface area contributed by atoms with E-state index in [1.165, 1.54) is 48.8 Å². The van der Waals surface area contributed by atoms with Gasteiger partial charge in [-0.25, -0.2) is 0 Å². The third-order valence-electron chi connectivity index (χ3n) is 6.45. The van der Waals surface area contributed by atoms with Crippen LogP contribution in [-0.2, 0) is 17.1 Å². The van der Waals surface area contributed by atoms with Gasteiger partial charge < -0.3 is 10.6 Å². The molecule has 0 saturated heterocycles. The van der Waals surface area contributed by atoms with Crippen molar-refractivity contribution in [2.75, 3.05) is 10.6 Å². The SMILES string of the molecule is CC(C(=O)C(C)c1ccc(Nc2ccc(Br)cc2C(F)(F)F)cn1)c1ccc(Nc2ccc(Br)cc2C(F)(F)F)cn1. The quantitative estimate of drug-likeness (QED) is 0.178. The molecule has 0 saturated carbocycles. The van der Waals surface area contributed by atoms with Gasteiger partial charge in [-0.15, -0.1) is 0 Å². The van der Waals surface area contributed by atoms with Gasteiger partial charge in [-0.3, -0.25) is 14.8 Å². The lowest BCUT2D eigenvalue weighted by molar-refractivity contribution is -0.137. The van der Waals surface area contributed by atoms with Gasteiger partial charge in [-0.05, 0) is 74.5 Å². The number of nitrogens with zero attached hydrogens (tertiary/aromatic N) is 2. The molecule has 5 nitrogen and oxygen atoms in total. The first kappa shape index (κ1) is 31.5. The molecule has 0 aliphatic rings. The second kappa shape index (κ2) is 12.4. The molecule has 42 heavy (non-hydrogen) atoms. The van der Waals surface area contributed by atoms with Crippen molar-refractivity contribution < 1.29 is 31.1 Å². The maximum Gasteiger partial charge on any atom is 0.418 e. The smallest absolute Gasteiger partial charge is 0.354 e. The molecule has 0 aliphatic carbocycles. The molecule has 0 amide bonds. The fourth-order valence-electron chi connectivity index (χ4n) is 4.17. The number of pyridine rings is 2. The third kappa shape index (κ3) is 7.49. The van der Waals surface area contributed by atoms with E-state index in [4.69, 9.17) is 0 Å². The number of ketones is 1. The van der Waals surface area contributed by atoms with Gasteiger partial charge >= 0.3 is 12.4 Å². The van der Waals surface area contributed by atoms with E-state index in [0.717, 1.165) is 12.1 Å². The highest BCUT2D eigenvalue weighted by Gasteiger charge is 2.35. The minimum Gasteiger partial charge on any atom is -0.354 e. The lowest BCUT2D eigenvalue weighted by Crippen LogP contribution is -2.18. The zero-order chi connectivity index (χ0) is 30.8. The molecule has 0 fully saturated rings. The third-order valence-corrected chi connectivity index (χ3v) is 7.43. The highest BCUT2D eigenvalue weighted by atomic mass is 79.9. The Kier molecular flexibility index (Phi) is 9.31. The summed E-state index contributed by atoms with van der Waals surface area (Å²) in [4.78, 5) is 21.8. The van der Waals surface area contributed by atoms with Gasteiger partial charge in [0.05, 0.1) is 69.5 Å². The first-order valence-electron chi connectivity index (χ1n) is 12.4. The summed E-state index contributed by atoms with van der Waals surface area (Å²) in [6.07, 6.45) is -6.43. The number of halogens is 8. The van der Waals surface area contributed by atoms with Crippen molar-refractivity contribution in [3.8, 4) is 0 Å². The Bertz CT molecular complexity index is 1460. The van der Waals surface area contributed by atoms with Crippen LogP contribution in [-0.4, -0.2) is 15.8 Å². The number of hydrogen-bond acceptors (Lipinski definition) is 5. The van der Waals surface area contributed by atoms with E-state index in [1.807, 2.05) is 0 Å². The minimum atomic E-state index is -4.57. The Morgan fingerprint density at radius 3 is 1.36 bits per heavy atom. The summed E-state index contributed by atoms with van der Waals surface area (Å²) in [5.74, 6) is -1.54. The maximum atomic E-state index is 13.4. The van der Waals surface area contributed by atoms with Crippen LogP contribution in [0.3, 0.4) is 0 Å². The first-order chi connectivity index (χ1) is 19.6. The Morgan fingerprint density at radius 2 is 1.05 bits per heavy atom. The van der Waals surface area contributed by atoms with Crippen LogP contribution >= 0.6 is 31.9 Å². The molecule has 2 N–H and O–H groups in total. The number of rotatable bonds is 8. The molecule has 2 atom stereocenters. The van der Waals surface area contributed by atoms with Crippen molar-refractivity contribution in [1.82, 2.24) is 9.97 Å². The number of carbonyl (C=O) groups is 1. The fraction of sp³-hybridized carbons (Fsp3) is 0.207. The van der Waals surface area contributed by atoms with Crippen LogP contribution in [0.1, 0.15) is 48.2 Å². The average molecular weight is 716 g/mol. The van der Waals surface area contributed by atoms with E-state index in [-0.39, 0.29) is 26.1 Å². The van der Waals surface area contributed by atoms with Crippen molar-refractivity contribution >= 4 is 60.4 Å². The lowest BCUT2D eigenvalue weighted by atomic mass is 9.90. The molecule has 2 aromatic heterocycles. The van der Waals surface area contributed by atoms with Gasteiger partial charge in [-0.1, -0.05) is 31.9 Å². The summed E-state index contributed by atoms with van der Waals surface area (Å²) in [6.45, 7) is 3.32. The summed E-state index contributed by atoms with van der Waals surface area (Å²) in [6, 6.07) is 13.7. The van der Waals surface area contributed by atoms with Crippen LogP contribution in [0.4, 0.5) is 49.1 Å². The van der Waals surface area contributed by atoms with Gasteiger partial charge in [-0.2, -0.15) is 26.3 Å². The molecule has 220 valence electrons. The Morgan fingerprint density at radius 1 is 0.667 bits per heavy atom. The number of alkyl halides is 6. The van der Waals surface area contributed by atoms with Crippen molar-refractivity contribution in [1.29, 1.82) is 0 Å². The number of Topliss-reactive ketones (excluding diaryl/α,β-unsaturated/α-hetero) is 1. The fourth-order valence-corrected chi connectivity index (χ4v) is 4.89. The molecular weight excluding hydrogens is 694 g/mol. The molecule has 2 unspecified atom stereocenters. The molecule has 0 bridgehead atoms. The van der Waals surface area contributed by atoms with Crippen molar-refractivity contribution in [3.05, 3.63) is 105 Å². The monoisotopic (exact) mass is 714 g/mol. The highest BCUT2D eigenvalue weighted by molar-refractivity contribution is 9.10. The second-order valence-electron chi connectivity index (χ2n) is 9.41. The number of nitrogens with one attached hydrogen (secondary N) is 2. The molecule has 2 heterocycles. The molecule has 0 aliphatic heterocycles. The van der Waals surface area contributed by atoms with Gasteiger partial charge in [0.15, 0.2) is 0 Å². The Labute approximate surface area is 254 Å². The standard InChI is InChI=1S/C29H22Br2F6N4O/c1-15(23-9-5-19(13-38-23)40-25-7-3-17(30)11-21(25)28(32,33)34)27(42)16(2)24-10-6-20(14-39-24)41-26-8-4-18(31)12-22(26)29(35,36)37/h3-16,40-41H,1-2H3. The number of benzene rings is 2. The van der Waals surface area contributed by atoms with Crippen molar-refractivity contribution in [3.63, 3.8) is 0 Å². The topological polar surface area (TPSA) is 66.9 Å². The average Bonchev–Trinajstić information content (AvgIpc) is 2.93. The molecule has 13 heteroatoms. The molecule has 2 aromatic carbocycles. The molecular formula is C29H22Br2F6N4O. The number of hydrogen-bond donors (Lipinski definition) is 2. The summed E-state index contributed by atoms with van der Waals surface area (Å²) in [5.41, 5.74) is -0.523. The maximum absolute atomic E-state index is 13.4. The van der Waals surface area contributed by atoms with Crippen molar-refractivity contribution in [2.24, 2.45) is 0 Å². The zero-order valence-corrected chi connectivity index (χ0v) is 25.1. The molecule has 4 aromatic rings. The van der Waals surface area contributed by atoms with E-state index in [1.54, 1.807) is 26.0 Å². The zero-order valence-electron chi connectivity index (χ0n) is 21.9. The summed E-state index contributed by atoms with van der Waals surface area (Å²) >= 11 is 6.10. The van der Waals surface area contributed by atoms with E-state index in [0.29, 0.717) is 22.8 Å². The van der Waals surface area contributed by atoms with Gasteiger partial charge in [0.2, 0.25) is 0 Å². The lowest BCUT2D eigenvalue weighted by Gasteiger charge is -2.18. The van der Waals surface area contributed by atoms with Gasteiger partial charge in [0.25, 0.3) is 0 Å². The predicted octanol–water partition coefficient (Wildman–Crippen LogP) is 10.0. The Hall–Kier alpha value is -3.45. The van der Waals surface area contributed by atoms with E-state index in [2.05, 4.69) is 52.5 Å². The first-order valence-corrected chi connectivity index (χ1v) is 13.9. The van der Waals surface area contributed by atoms with Crippen LogP contribution in [0.15, 0.2) is 82.0 Å². The normalized spacial score (nSPS) is 13.4. The van der Waals surface area contributed by atoms with E-state index >= 15 is 0 Å². The van der Waals surface area contributed by atoms with Gasteiger partial charge in [0.1, 0.15) is 5.78 Å². The summed E-state index contributed by atoms with van der Waals surface area (Å²) < 4.78 is 81.2. The molecule has 0 radical (unpaired) electrons. The van der Waals surface area contributed by atoms with Crippen LogP contribution < -0.4 is 10.6 Å².